The molecule has 1 aliphatic rings. The Labute approximate surface area is 154 Å². The zero-order chi connectivity index (χ0) is 17.2. The topological polar surface area (TPSA) is 83.7 Å². The van der Waals surface area contributed by atoms with Gasteiger partial charge in [-0.25, -0.2) is 8.42 Å². The molecule has 0 aromatic carbocycles. The van der Waals surface area contributed by atoms with Gasteiger partial charge in [-0.3, -0.25) is 4.79 Å². The Kier molecular flexibility index (Phi) is 7.68. The van der Waals surface area contributed by atoms with E-state index in [1.54, 1.807) is 18.0 Å². The van der Waals surface area contributed by atoms with Crippen LogP contribution in [-0.2, 0) is 10.0 Å². The normalized spacial score (nSPS) is 18.0. The molecular weight excluding hydrogens is 370 g/mol. The number of carbonyl (C=O) groups excluding carboxylic acids is 1. The van der Waals surface area contributed by atoms with Crippen molar-refractivity contribution in [2.24, 2.45) is 11.7 Å². The highest BCUT2D eigenvalue weighted by molar-refractivity contribution is 7.91. The van der Waals surface area contributed by atoms with E-state index < -0.39 is 10.0 Å². The molecule has 0 saturated carbocycles. The van der Waals surface area contributed by atoms with E-state index in [2.05, 4.69) is 6.92 Å². The Morgan fingerprint density at radius 2 is 2.00 bits per heavy atom. The van der Waals surface area contributed by atoms with Crippen LogP contribution in [0.5, 0.6) is 0 Å². The number of carbonyl (C=O) groups is 1. The average molecular weight is 396 g/mol. The second-order valence-corrected chi connectivity index (χ2v) is 9.45. The predicted molar refractivity (Wildman–Crippen MR) is 99.3 cm³/mol. The lowest BCUT2D eigenvalue weighted by molar-refractivity contribution is 0.0753. The number of hydrogen-bond acceptors (Lipinski definition) is 5. The number of nitrogens with two attached hydrogens (primary N) is 1. The second-order valence-electron chi connectivity index (χ2n) is 6.21. The number of hydrogen-bond donors (Lipinski definition) is 1. The Balaban J connectivity index is 0.00000288. The van der Waals surface area contributed by atoms with Crippen molar-refractivity contribution in [3.63, 3.8) is 0 Å². The molecule has 2 N–H and O–H groups in total. The zero-order valence-corrected chi connectivity index (χ0v) is 16.7. The van der Waals surface area contributed by atoms with Gasteiger partial charge in [0.2, 0.25) is 0 Å². The van der Waals surface area contributed by atoms with Crippen LogP contribution in [0.3, 0.4) is 0 Å². The van der Waals surface area contributed by atoms with Gasteiger partial charge in [0.25, 0.3) is 15.9 Å². The first-order valence-electron chi connectivity index (χ1n) is 7.84. The van der Waals surface area contributed by atoms with Gasteiger partial charge in [-0.05, 0) is 37.8 Å². The summed E-state index contributed by atoms with van der Waals surface area (Å²) in [6.07, 6.45) is 1.76. The van der Waals surface area contributed by atoms with Gasteiger partial charge in [0, 0.05) is 32.7 Å². The second kappa shape index (κ2) is 8.62. The van der Waals surface area contributed by atoms with Crippen LogP contribution in [0, 0.1) is 5.92 Å². The number of amides is 1. The van der Waals surface area contributed by atoms with Crippen molar-refractivity contribution < 1.29 is 13.2 Å². The fourth-order valence-electron chi connectivity index (χ4n) is 2.46. The van der Waals surface area contributed by atoms with Crippen LogP contribution in [0.2, 0.25) is 0 Å². The monoisotopic (exact) mass is 395 g/mol. The largest absolute Gasteiger partial charge is 0.337 e. The maximum Gasteiger partial charge on any atom is 0.263 e. The van der Waals surface area contributed by atoms with Crippen LogP contribution in [0.1, 0.15) is 36.4 Å². The van der Waals surface area contributed by atoms with Crippen molar-refractivity contribution in [2.45, 2.75) is 36.9 Å². The van der Waals surface area contributed by atoms with E-state index in [1.165, 1.54) is 10.4 Å². The summed E-state index contributed by atoms with van der Waals surface area (Å²) in [7, 11) is -1.81. The number of sulfonamides is 1. The van der Waals surface area contributed by atoms with Crippen molar-refractivity contribution in [1.82, 2.24) is 9.21 Å². The third-order valence-corrected chi connectivity index (χ3v) is 7.89. The molecule has 0 radical (unpaired) electrons. The number of thiophene rings is 1. The number of halogens is 1. The minimum atomic E-state index is -3.49. The van der Waals surface area contributed by atoms with Crippen molar-refractivity contribution in [2.75, 3.05) is 26.7 Å². The van der Waals surface area contributed by atoms with Crippen LogP contribution in [-0.4, -0.2) is 56.3 Å². The molecule has 1 aromatic heterocycles. The third kappa shape index (κ3) is 4.49. The van der Waals surface area contributed by atoms with Crippen molar-refractivity contribution in [3.8, 4) is 0 Å². The molecule has 6 nitrogen and oxygen atoms in total. The highest BCUT2D eigenvalue weighted by atomic mass is 35.5. The summed E-state index contributed by atoms with van der Waals surface area (Å²) in [4.78, 5) is 14.4. The first-order valence-corrected chi connectivity index (χ1v) is 10.1. The van der Waals surface area contributed by atoms with E-state index >= 15 is 0 Å². The van der Waals surface area contributed by atoms with Crippen LogP contribution >= 0.6 is 23.7 Å². The summed E-state index contributed by atoms with van der Waals surface area (Å²) in [5, 5.41) is 0. The molecule has 1 aromatic rings. The van der Waals surface area contributed by atoms with E-state index in [1.807, 2.05) is 6.92 Å². The summed E-state index contributed by atoms with van der Waals surface area (Å²) in [5.41, 5.74) is 5.58. The van der Waals surface area contributed by atoms with Gasteiger partial charge in [0.05, 0.1) is 4.88 Å². The summed E-state index contributed by atoms with van der Waals surface area (Å²) in [6.45, 7) is 5.46. The lowest BCUT2D eigenvalue weighted by Gasteiger charge is -2.28. The molecule has 9 heteroatoms. The molecule has 1 fully saturated rings. The molecule has 138 valence electrons. The third-order valence-electron chi connectivity index (χ3n) is 4.45. The molecule has 0 aliphatic carbocycles. The SMILES string of the molecule is CC1CCN(S(=O)(=O)c2ccc(C(=O)N(C)C(C)CN)s2)CC1.Cl. The van der Waals surface area contributed by atoms with Gasteiger partial charge in [0.15, 0.2) is 0 Å². The average Bonchev–Trinajstić information content (AvgIpc) is 3.03. The van der Waals surface area contributed by atoms with Crippen LogP contribution in [0.4, 0.5) is 0 Å². The molecule has 1 unspecified atom stereocenters. The maximum atomic E-state index is 12.7. The molecule has 1 aliphatic heterocycles. The first kappa shape index (κ1) is 21.4. The molecular formula is C15H26ClN3O3S2. The molecule has 2 heterocycles. The lowest BCUT2D eigenvalue weighted by atomic mass is 10.0. The highest BCUT2D eigenvalue weighted by Gasteiger charge is 2.30. The molecule has 2 rings (SSSR count). The van der Waals surface area contributed by atoms with Crippen molar-refractivity contribution in [1.29, 1.82) is 0 Å². The zero-order valence-electron chi connectivity index (χ0n) is 14.3. The summed E-state index contributed by atoms with van der Waals surface area (Å²) < 4.78 is 27.1. The minimum absolute atomic E-state index is 0. The van der Waals surface area contributed by atoms with E-state index in [0.29, 0.717) is 30.4 Å². The molecule has 1 atom stereocenters. The van der Waals surface area contributed by atoms with E-state index in [0.717, 1.165) is 24.2 Å². The van der Waals surface area contributed by atoms with Gasteiger partial charge in [0.1, 0.15) is 4.21 Å². The fourth-order valence-corrected chi connectivity index (χ4v) is 5.37. The van der Waals surface area contributed by atoms with Gasteiger partial charge < -0.3 is 10.6 Å². The van der Waals surface area contributed by atoms with E-state index in [9.17, 15) is 13.2 Å². The van der Waals surface area contributed by atoms with Crippen molar-refractivity contribution >= 4 is 39.7 Å². The number of piperidine rings is 1. The maximum absolute atomic E-state index is 12.7. The van der Waals surface area contributed by atoms with Crippen molar-refractivity contribution in [3.05, 3.63) is 17.0 Å². The van der Waals surface area contributed by atoms with Gasteiger partial charge >= 0.3 is 0 Å². The highest BCUT2D eigenvalue weighted by Crippen LogP contribution is 2.29. The van der Waals surface area contributed by atoms with Gasteiger partial charge in [-0.1, -0.05) is 6.92 Å². The van der Waals surface area contributed by atoms with Gasteiger partial charge in [-0.2, -0.15) is 4.31 Å². The number of rotatable bonds is 5. The van der Waals surface area contributed by atoms with Crippen LogP contribution < -0.4 is 5.73 Å². The smallest absolute Gasteiger partial charge is 0.263 e. The first-order chi connectivity index (χ1) is 10.8. The number of nitrogens with zero attached hydrogens (tertiary/aromatic N) is 2. The molecule has 1 saturated heterocycles. The summed E-state index contributed by atoms with van der Waals surface area (Å²) in [6, 6.07) is 3.03. The fraction of sp³-hybridized carbons (Fsp3) is 0.667. The Hall–Kier alpha value is -0.670. The predicted octanol–water partition coefficient (Wildman–Crippen LogP) is 2.01. The van der Waals surface area contributed by atoms with Gasteiger partial charge in [-0.15, -0.1) is 23.7 Å². The van der Waals surface area contributed by atoms with Crippen LogP contribution in [0.15, 0.2) is 16.3 Å². The summed E-state index contributed by atoms with van der Waals surface area (Å²) in [5.74, 6) is 0.370. The molecule has 0 spiro atoms. The van der Waals surface area contributed by atoms with Crippen LogP contribution in [0.25, 0.3) is 0 Å². The Morgan fingerprint density at radius 3 is 2.54 bits per heavy atom. The minimum Gasteiger partial charge on any atom is -0.337 e. The Bertz CT molecular complexity index is 655. The lowest BCUT2D eigenvalue weighted by Crippen LogP contribution is -2.39. The molecule has 0 bridgehead atoms. The van der Waals surface area contributed by atoms with E-state index in [-0.39, 0.29) is 28.6 Å². The van der Waals surface area contributed by atoms with E-state index in [4.69, 9.17) is 5.73 Å². The quantitative estimate of drug-likeness (QED) is 0.826. The standard InChI is InChI=1S/C15H25N3O3S2.ClH/c1-11-6-8-18(9-7-11)23(20,21)14-5-4-13(22-14)15(19)17(3)12(2)10-16;/h4-5,11-12H,6-10,16H2,1-3H3;1H. The summed E-state index contributed by atoms with van der Waals surface area (Å²) >= 11 is 1.04. The number of likely N-dealkylation sites (N-methyl/N-ethyl adjacent to an activating group) is 1. The Morgan fingerprint density at radius 1 is 1.42 bits per heavy atom. The molecule has 1 amide bonds. The molecule has 24 heavy (non-hydrogen) atoms.